The Morgan fingerprint density at radius 1 is 1.42 bits per heavy atom. The molecule has 1 aromatic heterocycles. The second kappa shape index (κ2) is 4.57. The van der Waals surface area contributed by atoms with Gasteiger partial charge in [0.2, 0.25) is 5.95 Å². The van der Waals surface area contributed by atoms with Crippen LogP contribution in [0.25, 0.3) is 0 Å². The Labute approximate surface area is 107 Å². The summed E-state index contributed by atoms with van der Waals surface area (Å²) >= 11 is 0. The maximum Gasteiger partial charge on any atom is 0.270 e. The number of nitrogens with one attached hydrogen (secondary N) is 2. The van der Waals surface area contributed by atoms with Crippen molar-refractivity contribution in [2.45, 2.75) is 4.90 Å². The lowest BCUT2D eigenvalue weighted by Gasteiger charge is -2.07. The van der Waals surface area contributed by atoms with Gasteiger partial charge in [-0.25, -0.2) is 18.1 Å². The van der Waals surface area contributed by atoms with Crippen molar-refractivity contribution in [3.63, 3.8) is 0 Å². The Morgan fingerprint density at radius 3 is 2.74 bits per heavy atom. The van der Waals surface area contributed by atoms with Crippen LogP contribution in [0.4, 0.5) is 17.3 Å². The molecule has 0 atom stereocenters. The Morgan fingerprint density at radius 2 is 2.16 bits per heavy atom. The van der Waals surface area contributed by atoms with Gasteiger partial charge in [-0.3, -0.25) is 10.1 Å². The van der Waals surface area contributed by atoms with E-state index in [1.807, 2.05) is 0 Å². The lowest BCUT2D eigenvalue weighted by atomic mass is 10.3. The van der Waals surface area contributed by atoms with Gasteiger partial charge in [0.25, 0.3) is 15.7 Å². The Kier molecular flexibility index (Phi) is 3.09. The van der Waals surface area contributed by atoms with Gasteiger partial charge < -0.3 is 10.7 Å². The van der Waals surface area contributed by atoms with E-state index >= 15 is 0 Å². The minimum absolute atomic E-state index is 0.00842. The third-order valence-electron chi connectivity index (χ3n) is 2.23. The van der Waals surface area contributed by atoms with Gasteiger partial charge in [-0.1, -0.05) is 0 Å². The SMILES string of the molecule is Nc1ccc([N+](=O)[O-])cc1S(=O)(=O)Nc1ncc[nH]1. The molecule has 0 bridgehead atoms. The highest BCUT2D eigenvalue weighted by molar-refractivity contribution is 7.92. The monoisotopic (exact) mass is 283 g/mol. The number of sulfonamides is 1. The first-order valence-electron chi connectivity index (χ1n) is 4.96. The molecule has 0 saturated heterocycles. The Balaban J connectivity index is 2.45. The maximum atomic E-state index is 12.0. The number of non-ortho nitro benzene ring substituents is 1. The van der Waals surface area contributed by atoms with Gasteiger partial charge in [0.1, 0.15) is 4.90 Å². The Hall–Kier alpha value is -2.62. The number of nitro benzene ring substituents is 1. The molecule has 0 aliphatic rings. The molecule has 0 amide bonds. The average Bonchev–Trinajstić information content (AvgIpc) is 2.81. The molecule has 4 N–H and O–H groups in total. The zero-order valence-corrected chi connectivity index (χ0v) is 10.2. The number of H-pyrrole nitrogens is 1. The Bertz CT molecular complexity index is 710. The first-order valence-corrected chi connectivity index (χ1v) is 6.44. The van der Waals surface area contributed by atoms with Gasteiger partial charge in [-0.2, -0.15) is 0 Å². The molecule has 2 rings (SSSR count). The first kappa shape index (κ1) is 12.8. The van der Waals surface area contributed by atoms with Gasteiger partial charge >= 0.3 is 0 Å². The lowest BCUT2D eigenvalue weighted by Crippen LogP contribution is -2.16. The molecule has 0 spiro atoms. The molecule has 0 unspecified atom stereocenters. The number of imidazole rings is 1. The van der Waals surface area contributed by atoms with E-state index in [4.69, 9.17) is 5.73 Å². The molecule has 2 aromatic rings. The predicted molar refractivity (Wildman–Crippen MR) is 66.9 cm³/mol. The molecule has 0 fully saturated rings. The summed E-state index contributed by atoms with van der Waals surface area (Å²) in [6.07, 6.45) is 2.78. The van der Waals surface area contributed by atoms with Crippen LogP contribution in [0.1, 0.15) is 0 Å². The van der Waals surface area contributed by atoms with Gasteiger partial charge in [-0.15, -0.1) is 0 Å². The highest BCUT2D eigenvalue weighted by Crippen LogP contribution is 2.25. The molecule has 0 aliphatic carbocycles. The van der Waals surface area contributed by atoms with Crippen molar-refractivity contribution in [2.24, 2.45) is 0 Å². The number of hydrogen-bond donors (Lipinski definition) is 3. The highest BCUT2D eigenvalue weighted by Gasteiger charge is 2.21. The standard InChI is InChI=1S/C9H9N5O4S/c10-7-2-1-6(14(15)16)5-8(7)19(17,18)13-9-11-3-4-12-9/h1-5H,10H2,(H2,11,12,13). The zero-order chi connectivity index (χ0) is 14.0. The minimum atomic E-state index is -4.04. The quantitative estimate of drug-likeness (QED) is 0.428. The van der Waals surface area contributed by atoms with Crippen molar-refractivity contribution >= 4 is 27.3 Å². The number of nitrogens with zero attached hydrogens (tertiary/aromatic N) is 2. The van der Waals surface area contributed by atoms with Crippen molar-refractivity contribution in [1.82, 2.24) is 9.97 Å². The van der Waals surface area contributed by atoms with E-state index in [-0.39, 0.29) is 22.2 Å². The van der Waals surface area contributed by atoms with E-state index in [9.17, 15) is 18.5 Å². The fourth-order valence-corrected chi connectivity index (χ4v) is 2.50. The van der Waals surface area contributed by atoms with E-state index < -0.39 is 14.9 Å². The summed E-state index contributed by atoms with van der Waals surface area (Å²) in [6.45, 7) is 0. The topological polar surface area (TPSA) is 144 Å². The molecule has 19 heavy (non-hydrogen) atoms. The number of benzene rings is 1. The van der Waals surface area contributed by atoms with Crippen LogP contribution in [0.3, 0.4) is 0 Å². The summed E-state index contributed by atoms with van der Waals surface area (Å²) in [5.41, 5.74) is 5.07. The average molecular weight is 283 g/mol. The van der Waals surface area contributed by atoms with E-state index in [0.717, 1.165) is 18.2 Å². The van der Waals surface area contributed by atoms with Crippen LogP contribution in [0.15, 0.2) is 35.5 Å². The maximum absolute atomic E-state index is 12.0. The molecular formula is C9H9N5O4S. The van der Waals surface area contributed by atoms with Crippen LogP contribution in [-0.4, -0.2) is 23.3 Å². The van der Waals surface area contributed by atoms with Crippen LogP contribution in [0.5, 0.6) is 0 Å². The van der Waals surface area contributed by atoms with Crippen molar-refractivity contribution in [2.75, 3.05) is 10.5 Å². The van der Waals surface area contributed by atoms with Crippen molar-refractivity contribution in [3.05, 3.63) is 40.7 Å². The van der Waals surface area contributed by atoms with Crippen LogP contribution in [0, 0.1) is 10.1 Å². The van der Waals surface area contributed by atoms with Crippen LogP contribution >= 0.6 is 0 Å². The van der Waals surface area contributed by atoms with Crippen LogP contribution in [-0.2, 0) is 10.0 Å². The normalized spacial score (nSPS) is 11.2. The second-order valence-corrected chi connectivity index (χ2v) is 5.17. The van der Waals surface area contributed by atoms with E-state index in [1.165, 1.54) is 12.4 Å². The fraction of sp³-hybridized carbons (Fsp3) is 0. The van der Waals surface area contributed by atoms with Crippen molar-refractivity contribution in [1.29, 1.82) is 0 Å². The molecular weight excluding hydrogens is 274 g/mol. The number of hydrogen-bond acceptors (Lipinski definition) is 6. The zero-order valence-electron chi connectivity index (χ0n) is 9.40. The number of nitrogens with two attached hydrogens (primary N) is 1. The predicted octanol–water partition coefficient (Wildman–Crippen LogP) is 0.701. The fourth-order valence-electron chi connectivity index (χ4n) is 1.37. The smallest absolute Gasteiger partial charge is 0.270 e. The number of nitrogen functional groups attached to an aromatic ring is 1. The van der Waals surface area contributed by atoms with Crippen LogP contribution < -0.4 is 10.5 Å². The van der Waals surface area contributed by atoms with E-state index in [0.29, 0.717) is 0 Å². The van der Waals surface area contributed by atoms with Gasteiger partial charge in [0.05, 0.1) is 10.6 Å². The molecule has 1 heterocycles. The number of anilines is 2. The largest absolute Gasteiger partial charge is 0.398 e. The summed E-state index contributed by atoms with van der Waals surface area (Å²) in [5, 5.41) is 10.6. The van der Waals surface area contributed by atoms with Crippen molar-refractivity contribution < 1.29 is 13.3 Å². The molecule has 10 heteroatoms. The highest BCUT2D eigenvalue weighted by atomic mass is 32.2. The van der Waals surface area contributed by atoms with Gasteiger partial charge in [0.15, 0.2) is 0 Å². The summed E-state index contributed by atoms with van der Waals surface area (Å²) in [5.74, 6) is -0.00842. The van der Waals surface area contributed by atoms with Crippen LogP contribution in [0.2, 0.25) is 0 Å². The van der Waals surface area contributed by atoms with Gasteiger partial charge in [0, 0.05) is 24.5 Å². The third kappa shape index (κ3) is 2.63. The molecule has 0 saturated carbocycles. The summed E-state index contributed by atoms with van der Waals surface area (Å²) in [4.78, 5) is 15.8. The second-order valence-electron chi connectivity index (χ2n) is 3.52. The van der Waals surface area contributed by atoms with E-state index in [1.54, 1.807) is 0 Å². The molecule has 100 valence electrons. The molecule has 9 nitrogen and oxygen atoms in total. The number of aromatic nitrogens is 2. The number of aromatic amines is 1. The van der Waals surface area contributed by atoms with E-state index in [2.05, 4.69) is 14.7 Å². The minimum Gasteiger partial charge on any atom is -0.398 e. The van der Waals surface area contributed by atoms with Crippen molar-refractivity contribution in [3.8, 4) is 0 Å². The number of rotatable bonds is 4. The van der Waals surface area contributed by atoms with Gasteiger partial charge in [-0.05, 0) is 6.07 Å². The third-order valence-corrected chi connectivity index (χ3v) is 3.62. The first-order chi connectivity index (χ1) is 8.90. The summed E-state index contributed by atoms with van der Waals surface area (Å²) in [6, 6.07) is 3.18. The molecule has 0 aliphatic heterocycles. The number of nitro groups is 1. The molecule has 1 aromatic carbocycles. The molecule has 0 radical (unpaired) electrons. The summed E-state index contributed by atoms with van der Waals surface area (Å²) < 4.78 is 26.2. The summed E-state index contributed by atoms with van der Waals surface area (Å²) in [7, 11) is -4.04. The lowest BCUT2D eigenvalue weighted by molar-refractivity contribution is -0.385.